The highest BCUT2D eigenvalue weighted by Gasteiger charge is 2.27. The maximum absolute atomic E-state index is 10.1. The van der Waals surface area contributed by atoms with Crippen LogP contribution in [0, 0.1) is 11.3 Å². The van der Waals surface area contributed by atoms with Gasteiger partial charge in [-0.15, -0.1) is 0 Å². The molecule has 0 bridgehead atoms. The Morgan fingerprint density at radius 1 is 1.20 bits per heavy atom. The number of nitrogens with one attached hydrogen (secondary N) is 1. The molecule has 1 fully saturated rings. The Balaban J connectivity index is 2.23. The minimum absolute atomic E-state index is 0.0415. The minimum atomic E-state index is -0.415. The molecule has 3 atom stereocenters. The predicted octanol–water partition coefficient (Wildman–Crippen LogP) is 3.36. The predicted molar refractivity (Wildman–Crippen MR) is 84.9 cm³/mol. The molecule has 0 aromatic heterocycles. The van der Waals surface area contributed by atoms with Gasteiger partial charge in [0.25, 0.3) is 0 Å². The summed E-state index contributed by atoms with van der Waals surface area (Å²) in [7, 11) is 0. The first-order chi connectivity index (χ1) is 9.09. The van der Waals surface area contributed by atoms with E-state index in [1.807, 2.05) is 0 Å². The summed E-state index contributed by atoms with van der Waals surface area (Å²) in [5, 5.41) is 13.5. The molecule has 0 aromatic carbocycles. The highest BCUT2D eigenvalue weighted by Crippen LogP contribution is 2.28. The molecule has 2 N–H and O–H groups in total. The van der Waals surface area contributed by atoms with Crippen LogP contribution in [0.2, 0.25) is 0 Å². The van der Waals surface area contributed by atoms with E-state index < -0.39 is 6.10 Å². The topological polar surface area (TPSA) is 41.5 Å². The van der Waals surface area contributed by atoms with Gasteiger partial charge in [0, 0.05) is 12.1 Å². The lowest BCUT2D eigenvalue weighted by atomic mass is 9.82. The van der Waals surface area contributed by atoms with Crippen LogP contribution in [0.5, 0.6) is 0 Å². The highest BCUT2D eigenvalue weighted by atomic mass is 16.5. The maximum atomic E-state index is 10.1. The number of aliphatic hydroxyl groups is 1. The van der Waals surface area contributed by atoms with Gasteiger partial charge in [-0.25, -0.2) is 0 Å². The van der Waals surface area contributed by atoms with Crippen LogP contribution in [0.4, 0.5) is 0 Å². The van der Waals surface area contributed by atoms with Crippen LogP contribution in [0.1, 0.15) is 67.2 Å². The van der Waals surface area contributed by atoms with Crippen molar-refractivity contribution < 1.29 is 9.84 Å². The molecule has 0 radical (unpaired) electrons. The smallest absolute Gasteiger partial charge is 0.0898 e. The zero-order valence-electron chi connectivity index (χ0n) is 14.3. The van der Waals surface area contributed by atoms with E-state index in [-0.39, 0.29) is 11.0 Å². The Labute approximate surface area is 125 Å². The minimum Gasteiger partial charge on any atom is -0.389 e. The average Bonchev–Trinajstić information content (AvgIpc) is 2.66. The van der Waals surface area contributed by atoms with E-state index in [1.165, 1.54) is 12.8 Å². The van der Waals surface area contributed by atoms with E-state index in [0.717, 1.165) is 12.8 Å². The van der Waals surface area contributed by atoms with Gasteiger partial charge in [-0.2, -0.15) is 0 Å². The molecule has 1 saturated carbocycles. The van der Waals surface area contributed by atoms with Gasteiger partial charge in [-0.1, -0.05) is 34.1 Å². The Morgan fingerprint density at radius 2 is 1.85 bits per heavy atom. The van der Waals surface area contributed by atoms with Crippen molar-refractivity contribution in [3.8, 4) is 0 Å². The lowest BCUT2D eigenvalue weighted by Crippen LogP contribution is -2.46. The Bertz CT molecular complexity index is 283. The molecule has 0 unspecified atom stereocenters. The molecule has 1 rings (SSSR count). The molecule has 0 spiro atoms. The first kappa shape index (κ1) is 17.9. The van der Waals surface area contributed by atoms with Crippen molar-refractivity contribution >= 4 is 0 Å². The summed E-state index contributed by atoms with van der Waals surface area (Å²) < 4.78 is 5.85. The molecular formula is C17H35NO2. The van der Waals surface area contributed by atoms with Crippen LogP contribution >= 0.6 is 0 Å². The van der Waals surface area contributed by atoms with Crippen molar-refractivity contribution in [2.75, 3.05) is 13.2 Å². The SMILES string of the molecule is C[C@@H]1CCC[C@@H]1OC[C@H](O)CNC(C)(C)CC(C)(C)C. The summed E-state index contributed by atoms with van der Waals surface area (Å²) in [6, 6.07) is 0. The number of rotatable bonds is 7. The Hall–Kier alpha value is -0.120. The zero-order chi connectivity index (χ0) is 15.4. The third-order valence-electron chi connectivity index (χ3n) is 4.07. The van der Waals surface area contributed by atoms with E-state index in [2.05, 4.69) is 46.9 Å². The van der Waals surface area contributed by atoms with Crippen LogP contribution in [0.25, 0.3) is 0 Å². The number of ether oxygens (including phenoxy) is 1. The fraction of sp³-hybridized carbons (Fsp3) is 1.00. The molecule has 3 nitrogen and oxygen atoms in total. The first-order valence-corrected chi connectivity index (χ1v) is 8.14. The fourth-order valence-electron chi connectivity index (χ4n) is 3.44. The lowest BCUT2D eigenvalue weighted by Gasteiger charge is -2.34. The summed E-state index contributed by atoms with van der Waals surface area (Å²) >= 11 is 0. The summed E-state index contributed by atoms with van der Waals surface area (Å²) in [4.78, 5) is 0. The average molecular weight is 285 g/mol. The quantitative estimate of drug-likeness (QED) is 0.753. The van der Waals surface area contributed by atoms with Crippen molar-refractivity contribution in [2.24, 2.45) is 11.3 Å². The maximum Gasteiger partial charge on any atom is 0.0898 e. The molecular weight excluding hydrogens is 250 g/mol. The second kappa shape index (κ2) is 7.24. The first-order valence-electron chi connectivity index (χ1n) is 8.14. The second-order valence-electron chi connectivity index (χ2n) is 8.44. The monoisotopic (exact) mass is 285 g/mol. The van der Waals surface area contributed by atoms with Gasteiger partial charge in [0.2, 0.25) is 0 Å². The van der Waals surface area contributed by atoms with Gasteiger partial charge in [0.1, 0.15) is 0 Å². The number of hydrogen-bond acceptors (Lipinski definition) is 3. The van der Waals surface area contributed by atoms with Crippen molar-refractivity contribution in [1.82, 2.24) is 5.32 Å². The lowest BCUT2D eigenvalue weighted by molar-refractivity contribution is -0.0232. The second-order valence-corrected chi connectivity index (χ2v) is 8.44. The Morgan fingerprint density at radius 3 is 2.35 bits per heavy atom. The van der Waals surface area contributed by atoms with E-state index in [0.29, 0.717) is 25.2 Å². The van der Waals surface area contributed by atoms with E-state index >= 15 is 0 Å². The molecule has 0 heterocycles. The van der Waals surface area contributed by atoms with Crippen molar-refractivity contribution in [3.05, 3.63) is 0 Å². The van der Waals surface area contributed by atoms with Crippen molar-refractivity contribution in [2.45, 2.75) is 85.0 Å². The molecule has 1 aliphatic carbocycles. The number of aliphatic hydroxyl groups excluding tert-OH is 1. The molecule has 0 aromatic rings. The summed E-state index contributed by atoms with van der Waals surface area (Å²) in [5.74, 6) is 0.646. The van der Waals surface area contributed by atoms with Crippen molar-refractivity contribution in [3.63, 3.8) is 0 Å². The van der Waals surface area contributed by atoms with Crippen molar-refractivity contribution in [1.29, 1.82) is 0 Å². The van der Waals surface area contributed by atoms with E-state index in [9.17, 15) is 5.11 Å². The number of hydrogen-bond donors (Lipinski definition) is 2. The largest absolute Gasteiger partial charge is 0.389 e. The Kier molecular flexibility index (Phi) is 6.49. The molecule has 0 amide bonds. The van der Waals surface area contributed by atoms with Crippen LogP contribution in [-0.4, -0.2) is 36.0 Å². The third-order valence-corrected chi connectivity index (χ3v) is 4.07. The third kappa shape index (κ3) is 7.05. The standard InChI is InChI=1S/C17H35NO2/c1-13-8-7-9-15(13)20-11-14(19)10-18-17(5,6)12-16(2,3)4/h13-15,18-19H,7-12H2,1-6H3/t13-,14-,15+/m1/s1. The van der Waals surface area contributed by atoms with Gasteiger partial charge in [-0.3, -0.25) is 0 Å². The van der Waals surface area contributed by atoms with Crippen LogP contribution < -0.4 is 5.32 Å². The summed E-state index contributed by atoms with van der Waals surface area (Å²) in [6.07, 6.45) is 4.69. The summed E-state index contributed by atoms with van der Waals surface area (Å²) in [5.41, 5.74) is 0.330. The van der Waals surface area contributed by atoms with Gasteiger partial charge in [-0.05, 0) is 44.4 Å². The molecule has 1 aliphatic rings. The molecule has 3 heteroatoms. The zero-order valence-corrected chi connectivity index (χ0v) is 14.3. The fourth-order valence-corrected chi connectivity index (χ4v) is 3.44. The van der Waals surface area contributed by atoms with Crippen LogP contribution in [0.15, 0.2) is 0 Å². The van der Waals surface area contributed by atoms with Crippen LogP contribution in [-0.2, 0) is 4.74 Å². The number of β-amino-alcohol motifs (C(OH)–C–C–N with tert-alkyl or cyclic N) is 1. The van der Waals surface area contributed by atoms with E-state index in [4.69, 9.17) is 4.74 Å². The normalized spacial score (nSPS) is 25.9. The van der Waals surface area contributed by atoms with Gasteiger partial charge < -0.3 is 15.2 Å². The molecule has 0 saturated heterocycles. The van der Waals surface area contributed by atoms with Gasteiger partial charge >= 0.3 is 0 Å². The molecule has 120 valence electrons. The molecule has 0 aliphatic heterocycles. The molecule has 20 heavy (non-hydrogen) atoms. The van der Waals surface area contributed by atoms with Gasteiger partial charge in [0.05, 0.1) is 18.8 Å². The van der Waals surface area contributed by atoms with E-state index in [1.54, 1.807) is 0 Å². The highest BCUT2D eigenvalue weighted by molar-refractivity contribution is 4.84. The van der Waals surface area contributed by atoms with Gasteiger partial charge in [0.15, 0.2) is 0 Å². The summed E-state index contributed by atoms with van der Waals surface area (Å²) in [6.45, 7) is 14.4. The van der Waals surface area contributed by atoms with Crippen LogP contribution in [0.3, 0.4) is 0 Å².